The van der Waals surface area contributed by atoms with Crippen LogP contribution < -0.4 is 0 Å². The second-order valence-corrected chi connectivity index (χ2v) is 3.30. The second-order valence-electron chi connectivity index (χ2n) is 3.30. The third-order valence-electron chi connectivity index (χ3n) is 2.18. The van der Waals surface area contributed by atoms with Crippen LogP contribution in [-0.4, -0.2) is 12.6 Å². The van der Waals surface area contributed by atoms with Gasteiger partial charge in [0, 0.05) is 0 Å². The van der Waals surface area contributed by atoms with Crippen molar-refractivity contribution < 1.29 is 9.59 Å². The van der Waals surface area contributed by atoms with Crippen molar-refractivity contribution in [3.8, 4) is 0 Å². The average molecular weight is 192 g/mol. The molecule has 2 nitrogen and oxygen atoms in total. The first-order chi connectivity index (χ1) is 6.52. The van der Waals surface area contributed by atoms with Gasteiger partial charge in [0.05, 0.1) is 0 Å². The van der Waals surface area contributed by atoms with Gasteiger partial charge in [-0.25, -0.2) is 0 Å². The Morgan fingerprint density at radius 2 is 0.929 bits per heavy atom. The van der Waals surface area contributed by atoms with Crippen LogP contribution in [0.3, 0.4) is 0 Å². The maximum absolute atomic E-state index is 10.4. The predicted molar refractivity (Wildman–Crippen MR) is 58.0 cm³/mol. The van der Waals surface area contributed by atoms with Crippen molar-refractivity contribution in [2.24, 2.45) is 0 Å². The summed E-state index contributed by atoms with van der Waals surface area (Å²) in [6.07, 6.45) is 5.33. The molecule has 0 aromatic carbocycles. The number of rotatable bonds is 4. The van der Waals surface area contributed by atoms with E-state index in [1.54, 1.807) is 13.8 Å². The maximum atomic E-state index is 10.4. The van der Waals surface area contributed by atoms with Crippen LogP contribution in [0.5, 0.6) is 0 Å². The van der Waals surface area contributed by atoms with Gasteiger partial charge in [0.2, 0.25) is 0 Å². The topological polar surface area (TPSA) is 34.1 Å². The number of aldehydes is 2. The summed E-state index contributed by atoms with van der Waals surface area (Å²) in [6, 6.07) is 0. The van der Waals surface area contributed by atoms with Crippen LogP contribution in [0.15, 0.2) is 34.4 Å². The molecule has 0 rings (SSSR count). The fraction of sp³-hybridized carbons (Fsp3) is 0.333. The third kappa shape index (κ3) is 3.99. The fourth-order valence-electron chi connectivity index (χ4n) is 0.699. The zero-order valence-electron chi connectivity index (χ0n) is 9.13. The van der Waals surface area contributed by atoms with Crippen LogP contribution in [0.25, 0.3) is 0 Å². The molecule has 0 unspecified atom stereocenters. The third-order valence-corrected chi connectivity index (χ3v) is 2.18. The summed E-state index contributed by atoms with van der Waals surface area (Å²) in [6.45, 7) is 7.25. The Kier molecular flexibility index (Phi) is 5.46. The molecule has 0 aliphatic heterocycles. The normalized spacial score (nSPS) is 14.9. The van der Waals surface area contributed by atoms with Crippen molar-refractivity contribution in [2.45, 2.75) is 27.7 Å². The first kappa shape index (κ1) is 12.6. The maximum Gasteiger partial charge on any atom is 0.146 e. The van der Waals surface area contributed by atoms with Gasteiger partial charge in [-0.1, -0.05) is 12.2 Å². The van der Waals surface area contributed by atoms with Gasteiger partial charge in [-0.2, -0.15) is 0 Å². The lowest BCUT2D eigenvalue weighted by molar-refractivity contribution is -0.105. The van der Waals surface area contributed by atoms with E-state index in [-0.39, 0.29) is 0 Å². The summed E-state index contributed by atoms with van der Waals surface area (Å²) in [4.78, 5) is 20.8. The minimum absolute atomic E-state index is 0.706. The van der Waals surface area contributed by atoms with E-state index in [0.29, 0.717) is 11.1 Å². The lowest BCUT2D eigenvalue weighted by Gasteiger charge is -1.96. The van der Waals surface area contributed by atoms with Crippen molar-refractivity contribution in [1.82, 2.24) is 0 Å². The van der Waals surface area contributed by atoms with E-state index in [2.05, 4.69) is 0 Å². The lowest BCUT2D eigenvalue weighted by atomic mass is 10.1. The zero-order valence-corrected chi connectivity index (χ0v) is 9.13. The van der Waals surface area contributed by atoms with Gasteiger partial charge in [-0.05, 0) is 50.0 Å². The standard InChI is InChI=1S/C12H16O2/c1-9(11(3)7-13)5-6-10(2)12(4)8-14/h5-8H,1-4H3/b6-5+,11-9+,12-10+. The van der Waals surface area contributed by atoms with Gasteiger partial charge in [0.25, 0.3) is 0 Å². The Morgan fingerprint density at radius 3 is 1.14 bits per heavy atom. The first-order valence-corrected chi connectivity index (χ1v) is 4.46. The molecule has 76 valence electrons. The Labute approximate surface area is 85.0 Å². The van der Waals surface area contributed by atoms with E-state index in [9.17, 15) is 9.59 Å². The molecule has 0 N–H and O–H groups in total. The molecule has 0 heterocycles. The fourth-order valence-corrected chi connectivity index (χ4v) is 0.699. The summed E-state index contributed by atoms with van der Waals surface area (Å²) >= 11 is 0. The molecule has 0 fully saturated rings. The van der Waals surface area contributed by atoms with Gasteiger partial charge < -0.3 is 0 Å². The highest BCUT2D eigenvalue weighted by Gasteiger charge is 1.92. The van der Waals surface area contributed by atoms with Gasteiger partial charge >= 0.3 is 0 Å². The first-order valence-electron chi connectivity index (χ1n) is 4.46. The molecule has 0 amide bonds. The molecule has 0 spiro atoms. The van der Waals surface area contributed by atoms with Crippen LogP contribution in [0.1, 0.15) is 27.7 Å². The van der Waals surface area contributed by atoms with Crippen LogP contribution in [0.2, 0.25) is 0 Å². The molecule has 2 heteroatoms. The van der Waals surface area contributed by atoms with E-state index < -0.39 is 0 Å². The van der Waals surface area contributed by atoms with Crippen molar-refractivity contribution >= 4 is 12.6 Å². The van der Waals surface area contributed by atoms with E-state index in [4.69, 9.17) is 0 Å². The van der Waals surface area contributed by atoms with E-state index in [0.717, 1.165) is 23.7 Å². The molecular formula is C12H16O2. The quantitative estimate of drug-likeness (QED) is 0.390. The number of allylic oxidation sites excluding steroid dienone is 6. The van der Waals surface area contributed by atoms with Gasteiger partial charge in [-0.15, -0.1) is 0 Å². The Bertz CT molecular complexity index is 285. The highest BCUT2D eigenvalue weighted by molar-refractivity contribution is 5.75. The molecule has 0 radical (unpaired) electrons. The molecule has 14 heavy (non-hydrogen) atoms. The SMILES string of the molecule is C\C(C=O)=C(C)/C=C/C(C)=C(\C)C=O. The Hall–Kier alpha value is -1.44. The molecule has 0 saturated carbocycles. The minimum atomic E-state index is 0.706. The Balaban J connectivity index is 4.78. The summed E-state index contributed by atoms with van der Waals surface area (Å²) < 4.78 is 0. The number of hydrogen-bond donors (Lipinski definition) is 0. The second kappa shape index (κ2) is 6.08. The summed E-state index contributed by atoms with van der Waals surface area (Å²) in [7, 11) is 0. The van der Waals surface area contributed by atoms with Crippen molar-refractivity contribution in [1.29, 1.82) is 0 Å². The lowest BCUT2D eigenvalue weighted by Crippen LogP contribution is -1.84. The highest BCUT2D eigenvalue weighted by Crippen LogP contribution is 2.07. The van der Waals surface area contributed by atoms with Crippen LogP contribution in [0.4, 0.5) is 0 Å². The highest BCUT2D eigenvalue weighted by atomic mass is 16.1. The molecular weight excluding hydrogens is 176 g/mol. The van der Waals surface area contributed by atoms with Crippen molar-refractivity contribution in [3.05, 3.63) is 34.4 Å². The molecule has 0 aliphatic rings. The molecule has 0 aromatic rings. The number of hydrogen-bond acceptors (Lipinski definition) is 2. The summed E-state index contributed by atoms with van der Waals surface area (Å²) in [5.74, 6) is 0. The summed E-state index contributed by atoms with van der Waals surface area (Å²) in [5.41, 5.74) is 3.24. The largest absolute Gasteiger partial charge is 0.298 e. The number of carbonyl (C=O) groups excluding carboxylic acids is 2. The van der Waals surface area contributed by atoms with Gasteiger partial charge in [0.1, 0.15) is 12.6 Å². The van der Waals surface area contributed by atoms with Gasteiger partial charge in [-0.3, -0.25) is 9.59 Å². The van der Waals surface area contributed by atoms with Crippen LogP contribution in [-0.2, 0) is 9.59 Å². The van der Waals surface area contributed by atoms with E-state index >= 15 is 0 Å². The monoisotopic (exact) mass is 192 g/mol. The predicted octanol–water partition coefficient (Wildman–Crippen LogP) is 2.61. The average Bonchev–Trinajstić information content (AvgIpc) is 2.22. The van der Waals surface area contributed by atoms with Gasteiger partial charge in [0.15, 0.2) is 0 Å². The molecule has 0 saturated heterocycles. The van der Waals surface area contributed by atoms with Crippen LogP contribution >= 0.6 is 0 Å². The Morgan fingerprint density at radius 1 is 0.643 bits per heavy atom. The minimum Gasteiger partial charge on any atom is -0.298 e. The van der Waals surface area contributed by atoms with E-state index in [1.165, 1.54) is 0 Å². The molecule has 0 bridgehead atoms. The summed E-state index contributed by atoms with van der Waals surface area (Å²) in [5, 5.41) is 0. The number of carbonyl (C=O) groups is 2. The molecule has 0 aromatic heterocycles. The van der Waals surface area contributed by atoms with E-state index in [1.807, 2.05) is 26.0 Å². The molecule has 0 atom stereocenters. The zero-order chi connectivity index (χ0) is 11.1. The smallest absolute Gasteiger partial charge is 0.146 e. The van der Waals surface area contributed by atoms with Crippen molar-refractivity contribution in [2.75, 3.05) is 0 Å². The van der Waals surface area contributed by atoms with Crippen LogP contribution in [0, 0.1) is 0 Å². The van der Waals surface area contributed by atoms with Crippen molar-refractivity contribution in [3.63, 3.8) is 0 Å². The molecule has 0 aliphatic carbocycles.